The summed E-state index contributed by atoms with van der Waals surface area (Å²) in [6.07, 6.45) is 3.46. The van der Waals surface area contributed by atoms with Crippen molar-refractivity contribution in [3.8, 4) is 5.75 Å². The standard InChI is InChI=1S/C20H31N3O4S/c1-22-11-13-23(14-12-22)20(24)17-5-3-16(4-6-17)15-21-28(25,26)19-9-7-18(27-2)8-10-19/h7-10,16-17,21H,3-6,11-15H2,1-2H3. The van der Waals surface area contributed by atoms with Crippen LogP contribution in [0.15, 0.2) is 29.2 Å². The zero-order chi connectivity index (χ0) is 20.1. The monoisotopic (exact) mass is 409 g/mol. The first kappa shape index (κ1) is 21.1. The first-order chi connectivity index (χ1) is 13.4. The van der Waals surface area contributed by atoms with E-state index in [0.717, 1.165) is 51.9 Å². The van der Waals surface area contributed by atoms with E-state index in [-0.39, 0.29) is 22.6 Å². The van der Waals surface area contributed by atoms with Gasteiger partial charge in [0.25, 0.3) is 0 Å². The van der Waals surface area contributed by atoms with E-state index in [1.165, 1.54) is 0 Å². The molecular weight excluding hydrogens is 378 g/mol. The lowest BCUT2D eigenvalue weighted by Crippen LogP contribution is -2.49. The maximum absolute atomic E-state index is 12.7. The molecule has 8 heteroatoms. The largest absolute Gasteiger partial charge is 0.497 e. The lowest BCUT2D eigenvalue weighted by Gasteiger charge is -2.36. The number of nitrogens with zero attached hydrogens (tertiary/aromatic N) is 2. The van der Waals surface area contributed by atoms with E-state index in [1.807, 2.05) is 4.90 Å². The normalized spacial score (nSPS) is 24.1. The minimum Gasteiger partial charge on any atom is -0.497 e. The minimum absolute atomic E-state index is 0.0952. The highest BCUT2D eigenvalue weighted by atomic mass is 32.2. The molecule has 1 amide bonds. The van der Waals surface area contributed by atoms with Gasteiger partial charge in [0.05, 0.1) is 12.0 Å². The molecule has 0 spiro atoms. The summed E-state index contributed by atoms with van der Waals surface area (Å²) in [5.41, 5.74) is 0. The Morgan fingerprint density at radius 2 is 1.68 bits per heavy atom. The van der Waals surface area contributed by atoms with E-state index < -0.39 is 10.0 Å². The third kappa shape index (κ3) is 5.24. The molecule has 0 aromatic heterocycles. The third-order valence-corrected chi connectivity index (χ3v) is 7.38. The van der Waals surface area contributed by atoms with Crippen LogP contribution in [-0.2, 0) is 14.8 Å². The number of carbonyl (C=O) groups is 1. The van der Waals surface area contributed by atoms with Crippen LogP contribution in [0, 0.1) is 11.8 Å². The fourth-order valence-corrected chi connectivity index (χ4v) is 5.08. The van der Waals surface area contributed by atoms with Crippen molar-refractivity contribution in [3.63, 3.8) is 0 Å². The first-order valence-corrected chi connectivity index (χ1v) is 11.5. The number of carbonyl (C=O) groups excluding carboxylic acids is 1. The molecule has 28 heavy (non-hydrogen) atoms. The van der Waals surface area contributed by atoms with Crippen LogP contribution in [-0.4, -0.2) is 71.0 Å². The summed E-state index contributed by atoms with van der Waals surface area (Å²) in [4.78, 5) is 17.2. The predicted octanol–water partition coefficient (Wildman–Crippen LogP) is 1.55. The van der Waals surface area contributed by atoms with E-state index in [0.29, 0.717) is 12.3 Å². The van der Waals surface area contributed by atoms with Gasteiger partial charge in [-0.3, -0.25) is 4.79 Å². The highest BCUT2D eigenvalue weighted by Crippen LogP contribution is 2.30. The number of ether oxygens (including phenoxy) is 1. The van der Waals surface area contributed by atoms with Crippen LogP contribution in [0.4, 0.5) is 0 Å². The molecule has 0 bridgehead atoms. The van der Waals surface area contributed by atoms with Crippen molar-refractivity contribution in [1.29, 1.82) is 0 Å². The SMILES string of the molecule is COc1ccc(S(=O)(=O)NCC2CCC(C(=O)N3CCN(C)CC3)CC2)cc1. The number of likely N-dealkylation sites (N-methyl/N-ethyl adjacent to an activating group) is 1. The summed E-state index contributed by atoms with van der Waals surface area (Å²) in [7, 11) is 0.109. The summed E-state index contributed by atoms with van der Waals surface area (Å²) in [5.74, 6) is 1.29. The van der Waals surface area contributed by atoms with Gasteiger partial charge in [-0.05, 0) is 62.9 Å². The number of rotatable bonds is 6. The van der Waals surface area contributed by atoms with E-state index in [9.17, 15) is 13.2 Å². The van der Waals surface area contributed by atoms with Gasteiger partial charge in [-0.2, -0.15) is 0 Å². The molecule has 1 aromatic carbocycles. The van der Waals surface area contributed by atoms with Gasteiger partial charge in [0.2, 0.25) is 15.9 Å². The molecule has 1 saturated heterocycles. The Labute approximate surface area is 168 Å². The van der Waals surface area contributed by atoms with Gasteiger partial charge in [-0.25, -0.2) is 13.1 Å². The lowest BCUT2D eigenvalue weighted by molar-refractivity contribution is -0.138. The van der Waals surface area contributed by atoms with Crippen molar-refractivity contribution in [2.75, 3.05) is 46.9 Å². The maximum atomic E-state index is 12.7. The van der Waals surface area contributed by atoms with Gasteiger partial charge in [0.1, 0.15) is 5.75 Å². The van der Waals surface area contributed by atoms with Crippen LogP contribution in [0.2, 0.25) is 0 Å². The number of benzene rings is 1. The van der Waals surface area contributed by atoms with Crippen LogP contribution in [0.5, 0.6) is 5.75 Å². The Balaban J connectivity index is 1.45. The van der Waals surface area contributed by atoms with Gasteiger partial charge < -0.3 is 14.5 Å². The van der Waals surface area contributed by atoms with E-state index in [1.54, 1.807) is 31.4 Å². The molecule has 2 fully saturated rings. The molecule has 0 unspecified atom stereocenters. The summed E-state index contributed by atoms with van der Waals surface area (Å²) < 4.78 is 32.7. The summed E-state index contributed by atoms with van der Waals surface area (Å²) in [6, 6.07) is 6.38. The third-order valence-electron chi connectivity index (χ3n) is 5.94. The molecule has 1 aliphatic heterocycles. The minimum atomic E-state index is -3.52. The van der Waals surface area contributed by atoms with Crippen molar-refractivity contribution < 1.29 is 17.9 Å². The highest BCUT2D eigenvalue weighted by Gasteiger charge is 2.31. The molecule has 0 atom stereocenters. The van der Waals surface area contributed by atoms with Gasteiger partial charge in [0.15, 0.2) is 0 Å². The van der Waals surface area contributed by atoms with Crippen LogP contribution >= 0.6 is 0 Å². The maximum Gasteiger partial charge on any atom is 0.240 e. The molecule has 1 heterocycles. The van der Waals surface area contributed by atoms with Gasteiger partial charge >= 0.3 is 0 Å². The van der Waals surface area contributed by atoms with E-state index in [2.05, 4.69) is 16.7 Å². The second-order valence-corrected chi connectivity index (χ2v) is 9.64. The average Bonchev–Trinajstić information content (AvgIpc) is 2.73. The van der Waals surface area contributed by atoms with Crippen LogP contribution in [0.1, 0.15) is 25.7 Å². The molecule has 2 aliphatic rings. The van der Waals surface area contributed by atoms with Crippen LogP contribution in [0.25, 0.3) is 0 Å². The number of amides is 1. The first-order valence-electron chi connectivity index (χ1n) is 10.00. The van der Waals surface area contributed by atoms with Crippen LogP contribution < -0.4 is 9.46 Å². The highest BCUT2D eigenvalue weighted by molar-refractivity contribution is 7.89. The van der Waals surface area contributed by atoms with Gasteiger partial charge in [0, 0.05) is 38.6 Å². The number of hydrogen-bond donors (Lipinski definition) is 1. The summed E-state index contributed by atoms with van der Waals surface area (Å²) in [5, 5.41) is 0. The van der Waals surface area contributed by atoms with Gasteiger partial charge in [-0.1, -0.05) is 0 Å². The molecule has 156 valence electrons. The molecule has 1 aromatic rings. The zero-order valence-corrected chi connectivity index (χ0v) is 17.6. The fraction of sp³-hybridized carbons (Fsp3) is 0.650. The van der Waals surface area contributed by atoms with Crippen molar-refractivity contribution in [3.05, 3.63) is 24.3 Å². The molecule has 1 saturated carbocycles. The van der Waals surface area contributed by atoms with Crippen molar-refractivity contribution in [2.24, 2.45) is 11.8 Å². The molecule has 3 rings (SSSR count). The van der Waals surface area contributed by atoms with Crippen molar-refractivity contribution in [2.45, 2.75) is 30.6 Å². The van der Waals surface area contributed by atoms with E-state index in [4.69, 9.17) is 4.74 Å². The van der Waals surface area contributed by atoms with Crippen molar-refractivity contribution >= 4 is 15.9 Å². The summed E-state index contributed by atoms with van der Waals surface area (Å²) >= 11 is 0. The number of nitrogens with one attached hydrogen (secondary N) is 1. The second kappa shape index (κ2) is 9.24. The van der Waals surface area contributed by atoms with E-state index >= 15 is 0 Å². The van der Waals surface area contributed by atoms with Gasteiger partial charge in [-0.15, -0.1) is 0 Å². The molecule has 1 aliphatic carbocycles. The Morgan fingerprint density at radius 1 is 1.07 bits per heavy atom. The molecule has 0 radical (unpaired) electrons. The number of hydrogen-bond acceptors (Lipinski definition) is 5. The molecular formula is C20H31N3O4S. The molecule has 7 nitrogen and oxygen atoms in total. The Bertz CT molecular complexity index is 750. The number of methoxy groups -OCH3 is 1. The molecule has 1 N–H and O–H groups in total. The average molecular weight is 410 g/mol. The fourth-order valence-electron chi connectivity index (χ4n) is 3.96. The number of piperazine rings is 1. The topological polar surface area (TPSA) is 78.9 Å². The second-order valence-electron chi connectivity index (χ2n) is 7.87. The summed E-state index contributed by atoms with van der Waals surface area (Å²) in [6.45, 7) is 3.93. The zero-order valence-electron chi connectivity index (χ0n) is 16.8. The van der Waals surface area contributed by atoms with Crippen LogP contribution in [0.3, 0.4) is 0 Å². The smallest absolute Gasteiger partial charge is 0.240 e. The van der Waals surface area contributed by atoms with Crippen molar-refractivity contribution in [1.82, 2.24) is 14.5 Å². The Morgan fingerprint density at radius 3 is 2.25 bits per heavy atom. The quantitative estimate of drug-likeness (QED) is 0.771. The Kier molecular flexibility index (Phi) is 6.95. The lowest BCUT2D eigenvalue weighted by atomic mass is 9.81. The predicted molar refractivity (Wildman–Crippen MR) is 108 cm³/mol. The number of sulfonamides is 1. The Hall–Kier alpha value is -1.64.